The fourth-order valence-corrected chi connectivity index (χ4v) is 5.86. The van der Waals surface area contributed by atoms with Gasteiger partial charge in [0.1, 0.15) is 12.1 Å². The Morgan fingerprint density at radius 1 is 1.00 bits per heavy atom. The zero-order chi connectivity index (χ0) is 28.1. The maximum Gasteiger partial charge on any atom is 0.315 e. The number of likely N-dealkylation sites (tertiary alicyclic amines) is 1. The van der Waals surface area contributed by atoms with Crippen LogP contribution in [0, 0.1) is 28.6 Å². The molecule has 2 saturated carbocycles. The number of amides is 5. The third-order valence-corrected chi connectivity index (χ3v) is 8.31. The Morgan fingerprint density at radius 2 is 1.59 bits per heavy atom. The standard InChI is InChI=1S/C27H45N5O5/c1-25(2,3)20(30-24(37)31-26(4,5)6)23(36)32-13-15-17(27(15,7)8)18(32)22(35)29-16(19(33)21(28)34)12-14-10-9-11-14/h14-18,20H,9-13H2,1-8H3,(H2,28,34)(H,29,35)(H2,30,31,37)/t15-,16?,17-,18+,20+/m1/s1. The van der Waals surface area contributed by atoms with Crippen molar-refractivity contribution < 1.29 is 24.0 Å². The lowest BCUT2D eigenvalue weighted by atomic mass is 9.80. The minimum absolute atomic E-state index is 0.0755. The average Bonchev–Trinajstić information content (AvgIpc) is 3.06. The molecule has 0 aromatic carbocycles. The number of ketones is 1. The summed E-state index contributed by atoms with van der Waals surface area (Å²) in [6.45, 7) is 15.7. The molecule has 5 atom stereocenters. The second kappa shape index (κ2) is 9.91. The fourth-order valence-electron chi connectivity index (χ4n) is 5.86. The summed E-state index contributed by atoms with van der Waals surface area (Å²) in [5, 5.41) is 8.44. The van der Waals surface area contributed by atoms with Crippen molar-refractivity contribution in [1.29, 1.82) is 0 Å². The Kier molecular flexibility index (Phi) is 7.74. The molecule has 0 radical (unpaired) electrons. The summed E-state index contributed by atoms with van der Waals surface area (Å²) in [7, 11) is 0. The van der Waals surface area contributed by atoms with E-state index in [0.29, 0.717) is 13.0 Å². The number of Topliss-reactive ketones (excluding diaryl/α,β-unsaturated/α-hetero) is 1. The molecule has 10 nitrogen and oxygen atoms in total. The van der Waals surface area contributed by atoms with Gasteiger partial charge in [-0.1, -0.05) is 53.9 Å². The molecule has 2 aliphatic carbocycles. The van der Waals surface area contributed by atoms with Crippen LogP contribution in [0.2, 0.25) is 0 Å². The maximum atomic E-state index is 13.9. The Balaban J connectivity index is 1.83. The minimum Gasteiger partial charge on any atom is -0.363 e. The molecule has 1 unspecified atom stereocenters. The average molecular weight is 520 g/mol. The summed E-state index contributed by atoms with van der Waals surface area (Å²) in [5.74, 6) is -2.35. The topological polar surface area (TPSA) is 151 Å². The highest BCUT2D eigenvalue weighted by Gasteiger charge is 2.70. The van der Waals surface area contributed by atoms with Gasteiger partial charge < -0.3 is 26.6 Å². The molecule has 1 heterocycles. The number of primary amides is 1. The number of hydrogen-bond acceptors (Lipinski definition) is 5. The molecule has 10 heteroatoms. The monoisotopic (exact) mass is 519 g/mol. The van der Waals surface area contributed by atoms with E-state index in [9.17, 15) is 24.0 Å². The number of rotatable bonds is 8. The van der Waals surface area contributed by atoms with E-state index < -0.39 is 52.7 Å². The van der Waals surface area contributed by atoms with Crippen LogP contribution in [0.15, 0.2) is 0 Å². The summed E-state index contributed by atoms with van der Waals surface area (Å²) < 4.78 is 0. The molecule has 5 amide bonds. The van der Waals surface area contributed by atoms with Crippen LogP contribution in [0.25, 0.3) is 0 Å². The number of nitrogens with two attached hydrogens (primary N) is 1. The smallest absolute Gasteiger partial charge is 0.315 e. The number of nitrogens with one attached hydrogen (secondary N) is 3. The molecule has 5 N–H and O–H groups in total. The summed E-state index contributed by atoms with van der Waals surface area (Å²) >= 11 is 0. The van der Waals surface area contributed by atoms with Crippen LogP contribution in [0.4, 0.5) is 4.79 Å². The van der Waals surface area contributed by atoms with E-state index in [1.165, 1.54) is 0 Å². The van der Waals surface area contributed by atoms with Gasteiger partial charge in [0, 0.05) is 12.1 Å². The van der Waals surface area contributed by atoms with Gasteiger partial charge in [-0.05, 0) is 55.8 Å². The Bertz CT molecular complexity index is 959. The van der Waals surface area contributed by atoms with E-state index in [0.717, 1.165) is 19.3 Å². The van der Waals surface area contributed by atoms with Gasteiger partial charge in [0.2, 0.25) is 17.6 Å². The Morgan fingerprint density at radius 3 is 2.05 bits per heavy atom. The Labute approximate surface area is 220 Å². The van der Waals surface area contributed by atoms with Gasteiger partial charge in [-0.2, -0.15) is 0 Å². The van der Waals surface area contributed by atoms with Crippen molar-refractivity contribution in [2.75, 3.05) is 6.54 Å². The maximum absolute atomic E-state index is 13.9. The summed E-state index contributed by atoms with van der Waals surface area (Å²) in [6.07, 6.45) is 3.31. The zero-order valence-corrected chi connectivity index (χ0v) is 23.6. The molecule has 0 spiro atoms. The summed E-state index contributed by atoms with van der Waals surface area (Å²) in [4.78, 5) is 66.1. The van der Waals surface area contributed by atoms with Gasteiger partial charge in [0.25, 0.3) is 5.91 Å². The number of urea groups is 1. The molecule has 3 aliphatic rings. The number of hydrogen-bond donors (Lipinski definition) is 4. The van der Waals surface area contributed by atoms with Crippen molar-refractivity contribution in [1.82, 2.24) is 20.9 Å². The first-order valence-electron chi connectivity index (χ1n) is 13.4. The van der Waals surface area contributed by atoms with Crippen molar-refractivity contribution in [3.63, 3.8) is 0 Å². The lowest BCUT2D eigenvalue weighted by molar-refractivity contribution is -0.145. The van der Waals surface area contributed by atoms with E-state index in [1.807, 2.05) is 41.5 Å². The second-order valence-corrected chi connectivity index (χ2v) is 13.9. The van der Waals surface area contributed by atoms with Gasteiger partial charge in [0.05, 0.1) is 6.04 Å². The van der Waals surface area contributed by atoms with Crippen LogP contribution in [0.5, 0.6) is 0 Å². The first-order chi connectivity index (χ1) is 16.8. The SMILES string of the molecule is CC(C)(C)NC(=O)N[C@@H](C(=O)N1C[C@@H]2[C@H]([C@H]1C(=O)NC(CC1CCC1)C(=O)C(N)=O)C2(C)C)C(C)(C)C. The van der Waals surface area contributed by atoms with Crippen molar-refractivity contribution in [3.05, 3.63) is 0 Å². The minimum atomic E-state index is -1.07. The first-order valence-corrected chi connectivity index (χ1v) is 13.4. The van der Waals surface area contributed by atoms with E-state index in [1.54, 1.807) is 4.90 Å². The van der Waals surface area contributed by atoms with Crippen LogP contribution in [-0.4, -0.2) is 64.6 Å². The van der Waals surface area contributed by atoms with Crippen LogP contribution in [0.3, 0.4) is 0 Å². The highest BCUT2D eigenvalue weighted by atomic mass is 16.2. The fraction of sp³-hybridized carbons (Fsp3) is 0.815. The quantitative estimate of drug-likeness (QED) is 0.360. The molecule has 0 aromatic rings. The van der Waals surface area contributed by atoms with E-state index >= 15 is 0 Å². The molecule has 208 valence electrons. The summed E-state index contributed by atoms with van der Waals surface area (Å²) in [6, 6.07) is -3.13. The largest absolute Gasteiger partial charge is 0.363 e. The molecule has 0 bridgehead atoms. The van der Waals surface area contributed by atoms with Gasteiger partial charge in [-0.3, -0.25) is 19.2 Å². The number of carbonyl (C=O) groups excluding carboxylic acids is 5. The molecule has 3 fully saturated rings. The Hall–Kier alpha value is -2.65. The van der Waals surface area contributed by atoms with E-state index in [2.05, 4.69) is 29.8 Å². The first kappa shape index (κ1) is 28.9. The van der Waals surface area contributed by atoms with Crippen LogP contribution < -0.4 is 21.7 Å². The highest BCUT2D eigenvalue weighted by molar-refractivity contribution is 6.37. The van der Waals surface area contributed by atoms with Crippen molar-refractivity contribution >= 4 is 29.5 Å². The molecular formula is C27H45N5O5. The van der Waals surface area contributed by atoms with E-state index in [-0.39, 0.29) is 29.1 Å². The van der Waals surface area contributed by atoms with Crippen molar-refractivity contribution in [3.8, 4) is 0 Å². The van der Waals surface area contributed by atoms with Crippen LogP contribution in [-0.2, 0) is 19.2 Å². The highest BCUT2D eigenvalue weighted by Crippen LogP contribution is 2.65. The normalized spacial score (nSPS) is 26.3. The number of fused-ring (bicyclic) bond motifs is 1. The third-order valence-electron chi connectivity index (χ3n) is 8.31. The van der Waals surface area contributed by atoms with Crippen molar-refractivity contribution in [2.24, 2.45) is 34.3 Å². The van der Waals surface area contributed by atoms with Crippen LogP contribution >= 0.6 is 0 Å². The molecule has 0 aromatic heterocycles. The van der Waals surface area contributed by atoms with Crippen LogP contribution in [0.1, 0.15) is 81.1 Å². The molecule has 3 rings (SSSR count). The lowest BCUT2D eigenvalue weighted by Gasteiger charge is -2.38. The molecular weight excluding hydrogens is 474 g/mol. The van der Waals surface area contributed by atoms with Crippen molar-refractivity contribution in [2.45, 2.75) is 105 Å². The number of carbonyl (C=O) groups is 5. The van der Waals surface area contributed by atoms with Gasteiger partial charge >= 0.3 is 6.03 Å². The summed E-state index contributed by atoms with van der Waals surface area (Å²) in [5.41, 5.74) is 4.04. The van der Waals surface area contributed by atoms with E-state index in [4.69, 9.17) is 5.73 Å². The van der Waals surface area contributed by atoms with Gasteiger partial charge in [-0.15, -0.1) is 0 Å². The number of piperidine rings is 1. The third kappa shape index (κ3) is 6.26. The molecule has 1 saturated heterocycles. The van der Waals surface area contributed by atoms with Gasteiger partial charge in [-0.25, -0.2) is 4.79 Å². The molecule has 1 aliphatic heterocycles. The van der Waals surface area contributed by atoms with Gasteiger partial charge in [0.15, 0.2) is 0 Å². The number of nitrogens with zero attached hydrogens (tertiary/aromatic N) is 1. The molecule has 37 heavy (non-hydrogen) atoms. The zero-order valence-electron chi connectivity index (χ0n) is 23.6. The predicted octanol–water partition coefficient (Wildman–Crippen LogP) is 1.71. The predicted molar refractivity (Wildman–Crippen MR) is 139 cm³/mol. The second-order valence-electron chi connectivity index (χ2n) is 13.9. The lowest BCUT2D eigenvalue weighted by Crippen LogP contribution is -2.62.